The van der Waals surface area contributed by atoms with Gasteiger partial charge in [-0.1, -0.05) is 41.0 Å². The highest BCUT2D eigenvalue weighted by Crippen LogP contribution is 2.25. The molecule has 80 valence electrons. The summed E-state index contributed by atoms with van der Waals surface area (Å²) in [6.07, 6.45) is 2.54. The summed E-state index contributed by atoms with van der Waals surface area (Å²) in [7, 11) is 0. The maximum atomic E-state index is 4.33. The summed E-state index contributed by atoms with van der Waals surface area (Å²) >= 11 is 6.89. The Morgan fingerprint density at radius 3 is 2.86 bits per heavy atom. The highest BCUT2D eigenvalue weighted by atomic mass is 79.9. The Hall–Kier alpha value is 0.390. The van der Waals surface area contributed by atoms with Gasteiger partial charge in [-0.05, 0) is 30.8 Å². The Balaban J connectivity index is 2.31. The number of alkyl halides is 1. The molecule has 1 atom stereocenters. The van der Waals surface area contributed by atoms with Crippen molar-refractivity contribution >= 4 is 39.2 Å². The Morgan fingerprint density at radius 1 is 1.57 bits per heavy atom. The maximum Gasteiger partial charge on any atom is 0.170 e. The zero-order chi connectivity index (χ0) is 10.4. The molecule has 0 aliphatic carbocycles. The van der Waals surface area contributed by atoms with E-state index in [0.29, 0.717) is 0 Å². The lowest BCUT2D eigenvalue weighted by Gasteiger charge is -2.10. The van der Waals surface area contributed by atoms with Crippen LogP contribution >= 0.6 is 39.2 Å². The summed E-state index contributed by atoms with van der Waals surface area (Å²) in [6, 6.07) is 0. The van der Waals surface area contributed by atoms with Crippen molar-refractivity contribution in [2.24, 2.45) is 5.92 Å². The fourth-order valence-electron chi connectivity index (χ4n) is 1.14. The highest BCUT2D eigenvalue weighted by Gasteiger charge is 2.08. The molecule has 0 spiro atoms. The van der Waals surface area contributed by atoms with Crippen molar-refractivity contribution in [1.29, 1.82) is 0 Å². The van der Waals surface area contributed by atoms with Crippen molar-refractivity contribution in [2.45, 2.75) is 31.0 Å². The smallest absolute Gasteiger partial charge is 0.170 e. The molecule has 1 aromatic heterocycles. The zero-order valence-electron chi connectivity index (χ0n) is 8.49. The molecule has 0 radical (unpaired) electrons. The van der Waals surface area contributed by atoms with Crippen molar-refractivity contribution in [2.75, 3.05) is 11.1 Å². The van der Waals surface area contributed by atoms with E-state index in [-0.39, 0.29) is 0 Å². The number of halogens is 1. The fourth-order valence-corrected chi connectivity index (χ4v) is 3.80. The minimum Gasteiger partial charge on any atom is -0.213 e. The van der Waals surface area contributed by atoms with Crippen LogP contribution in [0.15, 0.2) is 4.34 Å². The van der Waals surface area contributed by atoms with E-state index in [2.05, 4.69) is 32.2 Å². The third kappa shape index (κ3) is 4.28. The number of thioether (sulfide) groups is 1. The molecule has 1 unspecified atom stereocenters. The summed E-state index contributed by atoms with van der Waals surface area (Å²) in [5.41, 5.74) is 0. The van der Waals surface area contributed by atoms with Crippen LogP contribution in [0.2, 0.25) is 0 Å². The van der Waals surface area contributed by atoms with Gasteiger partial charge < -0.3 is 0 Å². The summed E-state index contributed by atoms with van der Waals surface area (Å²) in [5, 5.41) is 1.09. The lowest BCUT2D eigenvalue weighted by Crippen LogP contribution is -2.04. The molecule has 0 bridgehead atoms. The Bertz CT molecular complexity index is 265. The molecule has 5 heteroatoms. The molecule has 1 rings (SSSR count). The van der Waals surface area contributed by atoms with E-state index in [9.17, 15) is 0 Å². The van der Waals surface area contributed by atoms with Crippen molar-refractivity contribution in [3.63, 3.8) is 0 Å². The molecule has 1 heterocycles. The van der Waals surface area contributed by atoms with E-state index in [0.717, 1.165) is 27.2 Å². The van der Waals surface area contributed by atoms with Crippen molar-refractivity contribution in [3.8, 4) is 0 Å². The number of hydrogen-bond acceptors (Lipinski definition) is 4. The molecule has 1 aromatic rings. The van der Waals surface area contributed by atoms with Gasteiger partial charge in [0.05, 0.1) is 0 Å². The van der Waals surface area contributed by atoms with Gasteiger partial charge in [-0.15, -0.1) is 0 Å². The van der Waals surface area contributed by atoms with Crippen LogP contribution in [0.4, 0.5) is 0 Å². The van der Waals surface area contributed by atoms with Crippen LogP contribution in [-0.4, -0.2) is 20.4 Å². The van der Waals surface area contributed by atoms with Gasteiger partial charge in [0.2, 0.25) is 0 Å². The number of nitrogens with zero attached hydrogens (tertiary/aromatic N) is 2. The second-order valence-electron chi connectivity index (χ2n) is 3.23. The quantitative estimate of drug-likeness (QED) is 0.590. The van der Waals surface area contributed by atoms with E-state index < -0.39 is 0 Å². The first kappa shape index (κ1) is 12.5. The monoisotopic (exact) mass is 294 g/mol. The fraction of sp³-hybridized carbons (Fsp3) is 0.778. The standard InChI is InChI=1S/C9H15BrN2S2/c1-3-4-8(5-10)6-13-9-11-7(2)12-14-9/h8H,3-6H2,1-2H3. The largest absolute Gasteiger partial charge is 0.213 e. The van der Waals surface area contributed by atoms with Gasteiger partial charge in [-0.3, -0.25) is 0 Å². The van der Waals surface area contributed by atoms with E-state index >= 15 is 0 Å². The minimum atomic E-state index is 0.759. The normalized spacial score (nSPS) is 13.1. The molecule has 0 aliphatic rings. The number of hydrogen-bond donors (Lipinski definition) is 0. The molecule has 0 amide bonds. The summed E-state index contributed by atoms with van der Waals surface area (Å²) < 4.78 is 5.27. The van der Waals surface area contributed by atoms with Crippen LogP contribution < -0.4 is 0 Å². The summed E-state index contributed by atoms with van der Waals surface area (Å²) in [5.74, 6) is 2.80. The number of aryl methyl sites for hydroxylation is 1. The SMILES string of the molecule is CCCC(CBr)CSc1nc(C)ns1. The summed E-state index contributed by atoms with van der Waals surface area (Å²) in [6.45, 7) is 4.17. The first-order valence-corrected chi connectivity index (χ1v) is 7.63. The molecular formula is C9H15BrN2S2. The summed E-state index contributed by atoms with van der Waals surface area (Å²) in [4.78, 5) is 4.33. The van der Waals surface area contributed by atoms with Gasteiger partial charge in [-0.2, -0.15) is 4.37 Å². The Kier molecular flexibility index (Phi) is 6.05. The minimum absolute atomic E-state index is 0.759. The van der Waals surface area contributed by atoms with Crippen molar-refractivity contribution < 1.29 is 0 Å². The zero-order valence-corrected chi connectivity index (χ0v) is 11.7. The van der Waals surface area contributed by atoms with Gasteiger partial charge in [-0.25, -0.2) is 4.98 Å². The molecular weight excluding hydrogens is 280 g/mol. The van der Waals surface area contributed by atoms with Crippen LogP contribution in [0.5, 0.6) is 0 Å². The third-order valence-corrected chi connectivity index (χ3v) is 4.94. The molecule has 0 fully saturated rings. The van der Waals surface area contributed by atoms with Crippen LogP contribution in [0.25, 0.3) is 0 Å². The van der Waals surface area contributed by atoms with Gasteiger partial charge in [0.1, 0.15) is 5.82 Å². The molecule has 0 aromatic carbocycles. The van der Waals surface area contributed by atoms with Gasteiger partial charge in [0, 0.05) is 11.1 Å². The van der Waals surface area contributed by atoms with Crippen LogP contribution in [0, 0.1) is 12.8 Å². The molecule has 0 aliphatic heterocycles. The lowest BCUT2D eigenvalue weighted by atomic mass is 10.1. The molecule has 14 heavy (non-hydrogen) atoms. The average Bonchev–Trinajstić information content (AvgIpc) is 2.59. The molecule has 0 N–H and O–H groups in total. The Morgan fingerprint density at radius 2 is 2.36 bits per heavy atom. The van der Waals surface area contributed by atoms with Crippen LogP contribution in [-0.2, 0) is 0 Å². The third-order valence-electron chi connectivity index (χ3n) is 1.87. The highest BCUT2D eigenvalue weighted by molar-refractivity contribution is 9.09. The molecule has 0 saturated carbocycles. The number of aromatic nitrogens is 2. The van der Waals surface area contributed by atoms with E-state index in [4.69, 9.17) is 0 Å². The predicted octanol–water partition coefficient (Wildman–Crippen LogP) is 3.75. The van der Waals surface area contributed by atoms with Crippen molar-refractivity contribution in [3.05, 3.63) is 5.82 Å². The van der Waals surface area contributed by atoms with E-state index in [1.54, 1.807) is 0 Å². The van der Waals surface area contributed by atoms with E-state index in [1.807, 2.05) is 18.7 Å². The maximum absolute atomic E-state index is 4.33. The van der Waals surface area contributed by atoms with Gasteiger partial charge in [0.25, 0.3) is 0 Å². The first-order chi connectivity index (χ1) is 6.76. The second-order valence-corrected chi connectivity index (χ2v) is 5.89. The van der Waals surface area contributed by atoms with Gasteiger partial charge in [0.15, 0.2) is 4.34 Å². The first-order valence-electron chi connectivity index (χ1n) is 4.75. The van der Waals surface area contributed by atoms with Gasteiger partial charge >= 0.3 is 0 Å². The molecule has 0 saturated heterocycles. The Labute approximate surface area is 102 Å². The topological polar surface area (TPSA) is 25.8 Å². The average molecular weight is 295 g/mol. The van der Waals surface area contributed by atoms with E-state index in [1.165, 1.54) is 24.4 Å². The molecule has 2 nitrogen and oxygen atoms in total. The van der Waals surface area contributed by atoms with Crippen LogP contribution in [0.3, 0.4) is 0 Å². The van der Waals surface area contributed by atoms with Crippen molar-refractivity contribution in [1.82, 2.24) is 9.36 Å². The predicted molar refractivity (Wildman–Crippen MR) is 67.6 cm³/mol. The lowest BCUT2D eigenvalue weighted by molar-refractivity contribution is 0.597. The van der Waals surface area contributed by atoms with Crippen LogP contribution in [0.1, 0.15) is 25.6 Å². The second kappa shape index (κ2) is 6.80. The number of rotatable bonds is 6.